The van der Waals surface area contributed by atoms with Crippen molar-refractivity contribution >= 4 is 0 Å². The highest BCUT2D eigenvalue weighted by Crippen LogP contribution is 2.41. The van der Waals surface area contributed by atoms with Crippen molar-refractivity contribution in [3.8, 4) is 0 Å². The number of fused-ring (bicyclic) bond motifs is 1. The van der Waals surface area contributed by atoms with Gasteiger partial charge in [0.1, 0.15) is 0 Å². The summed E-state index contributed by atoms with van der Waals surface area (Å²) in [6.07, 6.45) is 10.8. The van der Waals surface area contributed by atoms with Crippen LogP contribution in [0, 0.1) is 11.8 Å². The highest BCUT2D eigenvalue weighted by molar-refractivity contribution is 4.80. The molecule has 0 aliphatic heterocycles. The molecule has 0 spiro atoms. The third kappa shape index (κ3) is 2.21. The second-order valence-corrected chi connectivity index (χ2v) is 3.74. The van der Waals surface area contributed by atoms with Gasteiger partial charge in [0.2, 0.25) is 0 Å². The molecule has 0 aromatic rings. The van der Waals surface area contributed by atoms with Crippen LogP contribution in [-0.2, 0) is 0 Å². The molecule has 2 rings (SSSR count). The minimum atomic E-state index is 1.17. The van der Waals surface area contributed by atoms with E-state index in [4.69, 9.17) is 0 Å². The van der Waals surface area contributed by atoms with Gasteiger partial charge in [0.25, 0.3) is 0 Å². The third-order valence-corrected chi connectivity index (χ3v) is 3.22. The zero-order valence-electron chi connectivity index (χ0n) is 8.10. The molecule has 0 aromatic heterocycles. The summed E-state index contributed by atoms with van der Waals surface area (Å²) < 4.78 is 0. The fourth-order valence-electron chi connectivity index (χ4n) is 2.69. The summed E-state index contributed by atoms with van der Waals surface area (Å²) in [6, 6.07) is 0. The largest absolute Gasteiger partial charge is 0.0683 e. The third-order valence-electron chi connectivity index (χ3n) is 3.22. The van der Waals surface area contributed by atoms with Crippen LogP contribution in [0.5, 0.6) is 0 Å². The van der Waals surface area contributed by atoms with Gasteiger partial charge < -0.3 is 0 Å². The van der Waals surface area contributed by atoms with Crippen molar-refractivity contribution < 1.29 is 0 Å². The predicted molar refractivity (Wildman–Crippen MR) is 50.6 cm³/mol. The Labute approximate surface area is 71.4 Å². The first-order valence-electron chi connectivity index (χ1n) is 5.47. The van der Waals surface area contributed by atoms with Gasteiger partial charge in [0, 0.05) is 0 Å². The zero-order valence-corrected chi connectivity index (χ0v) is 8.10. The predicted octanol–water partition coefficient (Wildman–Crippen LogP) is 4.00. The van der Waals surface area contributed by atoms with E-state index < -0.39 is 0 Å². The second-order valence-electron chi connectivity index (χ2n) is 3.74. The van der Waals surface area contributed by atoms with Gasteiger partial charge in [-0.1, -0.05) is 58.8 Å². The monoisotopic (exact) mass is 154 g/mol. The van der Waals surface area contributed by atoms with E-state index in [1.165, 1.54) is 31.1 Å². The lowest BCUT2D eigenvalue weighted by molar-refractivity contribution is 0.277. The lowest BCUT2D eigenvalue weighted by Crippen LogP contribution is -2.12. The first kappa shape index (κ1) is 9.09. The minimum absolute atomic E-state index is 1.17. The van der Waals surface area contributed by atoms with E-state index >= 15 is 0 Å². The van der Waals surface area contributed by atoms with Crippen molar-refractivity contribution in [3.05, 3.63) is 0 Å². The van der Waals surface area contributed by atoms with Crippen LogP contribution in [-0.4, -0.2) is 0 Å². The van der Waals surface area contributed by atoms with Crippen LogP contribution in [0.1, 0.15) is 58.8 Å². The second kappa shape index (κ2) is 4.79. The van der Waals surface area contributed by atoms with Crippen molar-refractivity contribution in [3.63, 3.8) is 0 Å². The van der Waals surface area contributed by atoms with E-state index in [0.29, 0.717) is 0 Å². The Morgan fingerprint density at radius 2 is 1.00 bits per heavy atom. The van der Waals surface area contributed by atoms with Gasteiger partial charge >= 0.3 is 0 Å². The molecule has 0 aromatic carbocycles. The van der Waals surface area contributed by atoms with Crippen molar-refractivity contribution in [1.29, 1.82) is 0 Å². The molecule has 2 aliphatic rings. The molecule has 2 fully saturated rings. The van der Waals surface area contributed by atoms with Gasteiger partial charge in [-0.25, -0.2) is 0 Å². The lowest BCUT2D eigenvalue weighted by atomic mass is 9.82. The molecule has 66 valence electrons. The highest BCUT2D eigenvalue weighted by Gasteiger charge is 2.28. The maximum atomic E-state index is 2.00. The maximum absolute atomic E-state index is 2.00. The molecule has 2 aliphatic carbocycles. The summed E-state index contributed by atoms with van der Waals surface area (Å²) in [5, 5.41) is 0. The molecular formula is C11H22. The Bertz CT molecular complexity index is 84.2. The average molecular weight is 154 g/mol. The molecule has 2 saturated carbocycles. The molecule has 2 atom stereocenters. The molecule has 0 bridgehead atoms. The Morgan fingerprint density at radius 1 is 0.636 bits per heavy atom. The number of rotatable bonds is 0. The molecule has 0 radical (unpaired) electrons. The lowest BCUT2D eigenvalue weighted by Gasteiger charge is -2.24. The zero-order chi connectivity index (χ0) is 8.10. The van der Waals surface area contributed by atoms with Crippen LogP contribution in [0.2, 0.25) is 0 Å². The van der Waals surface area contributed by atoms with Gasteiger partial charge in [-0.2, -0.15) is 0 Å². The Hall–Kier alpha value is 0. The van der Waals surface area contributed by atoms with E-state index in [1.807, 2.05) is 13.8 Å². The first-order chi connectivity index (χ1) is 5.47. The van der Waals surface area contributed by atoms with Crippen LogP contribution < -0.4 is 0 Å². The molecule has 1 unspecified atom stereocenters. The van der Waals surface area contributed by atoms with Crippen molar-refractivity contribution in [2.24, 2.45) is 11.8 Å². The van der Waals surface area contributed by atoms with E-state index in [0.717, 1.165) is 0 Å². The molecular weight excluding hydrogens is 132 g/mol. The van der Waals surface area contributed by atoms with Crippen molar-refractivity contribution in [2.45, 2.75) is 58.8 Å². The molecule has 0 nitrogen and oxygen atoms in total. The summed E-state index contributed by atoms with van der Waals surface area (Å²) >= 11 is 0. The van der Waals surface area contributed by atoms with Gasteiger partial charge in [0.15, 0.2) is 0 Å². The van der Waals surface area contributed by atoms with E-state index in [2.05, 4.69) is 0 Å². The topological polar surface area (TPSA) is 0 Å². The van der Waals surface area contributed by atoms with Crippen LogP contribution >= 0.6 is 0 Å². The summed E-state index contributed by atoms with van der Waals surface area (Å²) in [4.78, 5) is 0. The van der Waals surface area contributed by atoms with E-state index in [1.54, 1.807) is 25.7 Å². The average Bonchev–Trinajstić information content (AvgIpc) is 2.55. The fourth-order valence-corrected chi connectivity index (χ4v) is 2.69. The molecule has 0 N–H and O–H groups in total. The normalized spacial score (nSPS) is 35.5. The molecule has 0 saturated heterocycles. The van der Waals surface area contributed by atoms with Gasteiger partial charge in [0.05, 0.1) is 0 Å². The molecule has 0 amide bonds. The quantitative estimate of drug-likeness (QED) is 0.494. The standard InChI is InChI=1S/C9H16.C2H6/c1-2-5-9-7-3-6-8(9)4-1;1-2/h8-9H,1-7H2;1-2H3/t8-,9?;/m1./s1. The highest BCUT2D eigenvalue weighted by atomic mass is 14.3. The molecule has 0 heteroatoms. The smallest absolute Gasteiger partial charge is 0.0386 e. The van der Waals surface area contributed by atoms with Crippen molar-refractivity contribution in [1.82, 2.24) is 0 Å². The van der Waals surface area contributed by atoms with Crippen LogP contribution in [0.15, 0.2) is 0 Å². The van der Waals surface area contributed by atoms with Crippen molar-refractivity contribution in [2.75, 3.05) is 0 Å². The van der Waals surface area contributed by atoms with Gasteiger partial charge in [-0.15, -0.1) is 0 Å². The van der Waals surface area contributed by atoms with Gasteiger partial charge in [-0.05, 0) is 11.8 Å². The number of hydrogen-bond acceptors (Lipinski definition) is 0. The maximum Gasteiger partial charge on any atom is -0.0386 e. The minimum Gasteiger partial charge on any atom is -0.0683 e. The van der Waals surface area contributed by atoms with Crippen LogP contribution in [0.25, 0.3) is 0 Å². The summed E-state index contributed by atoms with van der Waals surface area (Å²) in [6.45, 7) is 4.00. The van der Waals surface area contributed by atoms with E-state index in [9.17, 15) is 0 Å². The molecule has 11 heavy (non-hydrogen) atoms. The molecule has 0 heterocycles. The fraction of sp³-hybridized carbons (Fsp3) is 1.00. The number of hydrogen-bond donors (Lipinski definition) is 0. The first-order valence-corrected chi connectivity index (χ1v) is 5.47. The Kier molecular flexibility index (Phi) is 3.96. The summed E-state index contributed by atoms with van der Waals surface area (Å²) in [5.74, 6) is 2.33. The summed E-state index contributed by atoms with van der Waals surface area (Å²) in [5.41, 5.74) is 0. The Morgan fingerprint density at radius 3 is 1.45 bits per heavy atom. The SMILES string of the molecule is C1CC[C@@H]2CCCC2C1.CC. The Balaban J connectivity index is 0.000000281. The summed E-state index contributed by atoms with van der Waals surface area (Å²) in [7, 11) is 0. The van der Waals surface area contributed by atoms with E-state index in [-0.39, 0.29) is 0 Å². The van der Waals surface area contributed by atoms with Crippen LogP contribution in [0.3, 0.4) is 0 Å². The van der Waals surface area contributed by atoms with Crippen LogP contribution in [0.4, 0.5) is 0 Å². The van der Waals surface area contributed by atoms with Gasteiger partial charge in [-0.3, -0.25) is 0 Å².